The summed E-state index contributed by atoms with van der Waals surface area (Å²) >= 11 is 0. The summed E-state index contributed by atoms with van der Waals surface area (Å²) in [5.74, 6) is 0.781. The highest BCUT2D eigenvalue weighted by Crippen LogP contribution is 2.33. The van der Waals surface area contributed by atoms with Crippen molar-refractivity contribution in [3.8, 4) is 22.6 Å². The third kappa shape index (κ3) is 5.30. The minimum absolute atomic E-state index is 0.0247. The number of aryl methyl sites for hydroxylation is 1. The summed E-state index contributed by atoms with van der Waals surface area (Å²) in [6.07, 6.45) is 1.32. The van der Waals surface area contributed by atoms with Gasteiger partial charge in [0.1, 0.15) is 5.69 Å². The number of hydrogen-bond acceptors (Lipinski definition) is 6. The quantitative estimate of drug-likeness (QED) is 0.564. The van der Waals surface area contributed by atoms with Crippen LogP contribution in [0.5, 0.6) is 0 Å². The predicted molar refractivity (Wildman–Crippen MR) is 108 cm³/mol. The molecule has 0 fully saturated rings. The largest absolute Gasteiger partial charge is 0.466 e. The molecule has 0 spiro atoms. The van der Waals surface area contributed by atoms with Gasteiger partial charge >= 0.3 is 5.97 Å². The van der Waals surface area contributed by atoms with Crippen LogP contribution in [0, 0.1) is 0 Å². The molecule has 0 radical (unpaired) electrons. The minimum atomic E-state index is -3.77. The van der Waals surface area contributed by atoms with Crippen LogP contribution in [0.3, 0.4) is 0 Å². The molecular formula is C21H22N2O5S. The van der Waals surface area contributed by atoms with E-state index in [1.54, 1.807) is 19.1 Å². The molecule has 0 atom stereocenters. The van der Waals surface area contributed by atoms with Crippen LogP contribution in [-0.4, -0.2) is 26.0 Å². The van der Waals surface area contributed by atoms with Gasteiger partial charge in [-0.05, 0) is 37.6 Å². The molecule has 3 aromatic rings. The highest BCUT2D eigenvalue weighted by molar-refractivity contribution is 7.89. The van der Waals surface area contributed by atoms with Crippen molar-refractivity contribution >= 4 is 16.0 Å². The van der Waals surface area contributed by atoms with Gasteiger partial charge in [-0.15, -0.1) is 0 Å². The Bertz CT molecular complexity index is 1070. The van der Waals surface area contributed by atoms with E-state index in [0.29, 0.717) is 42.4 Å². The van der Waals surface area contributed by atoms with Crippen LogP contribution in [0.15, 0.2) is 63.9 Å². The third-order valence-corrected chi connectivity index (χ3v) is 5.17. The first-order valence-corrected chi connectivity index (χ1v) is 10.8. The van der Waals surface area contributed by atoms with Gasteiger partial charge in [-0.25, -0.2) is 18.5 Å². The molecule has 29 heavy (non-hydrogen) atoms. The molecule has 7 nitrogen and oxygen atoms in total. The Balaban J connectivity index is 1.90. The molecule has 0 aliphatic heterocycles. The Labute approximate surface area is 169 Å². The topological polar surface area (TPSA) is 112 Å². The van der Waals surface area contributed by atoms with Crippen LogP contribution in [-0.2, 0) is 26.0 Å². The number of oxazole rings is 1. The SMILES string of the molecule is CCOC(=O)CCCc1nc(-c2ccccc2)c(-c2ccc(S(N)(=O)=O)cc2)o1. The lowest BCUT2D eigenvalue weighted by molar-refractivity contribution is -0.143. The number of carbonyl (C=O) groups is 1. The minimum Gasteiger partial charge on any atom is -0.466 e. The number of nitrogens with zero attached hydrogens (tertiary/aromatic N) is 1. The molecule has 8 heteroatoms. The molecule has 2 N–H and O–H groups in total. The Kier molecular flexibility index (Phi) is 6.46. The van der Waals surface area contributed by atoms with Crippen LogP contribution in [0.25, 0.3) is 22.6 Å². The van der Waals surface area contributed by atoms with Crippen LogP contribution >= 0.6 is 0 Å². The van der Waals surface area contributed by atoms with Crippen molar-refractivity contribution in [3.63, 3.8) is 0 Å². The van der Waals surface area contributed by atoms with Crippen molar-refractivity contribution < 1.29 is 22.4 Å². The van der Waals surface area contributed by atoms with E-state index in [2.05, 4.69) is 4.98 Å². The van der Waals surface area contributed by atoms with Gasteiger partial charge in [0.05, 0.1) is 11.5 Å². The van der Waals surface area contributed by atoms with E-state index in [9.17, 15) is 13.2 Å². The summed E-state index contributed by atoms with van der Waals surface area (Å²) in [6.45, 7) is 2.13. The summed E-state index contributed by atoms with van der Waals surface area (Å²) in [6, 6.07) is 15.7. The normalized spacial score (nSPS) is 11.4. The number of nitrogens with two attached hydrogens (primary N) is 1. The van der Waals surface area contributed by atoms with E-state index in [1.807, 2.05) is 30.3 Å². The third-order valence-electron chi connectivity index (χ3n) is 4.24. The maximum absolute atomic E-state index is 11.5. The Morgan fingerprint density at radius 2 is 1.76 bits per heavy atom. The van der Waals surface area contributed by atoms with Crippen molar-refractivity contribution in [1.29, 1.82) is 0 Å². The average molecular weight is 414 g/mol. The summed E-state index contributed by atoms with van der Waals surface area (Å²) in [4.78, 5) is 16.2. The molecule has 0 aliphatic carbocycles. The van der Waals surface area contributed by atoms with Gasteiger partial charge in [-0.2, -0.15) is 0 Å². The van der Waals surface area contributed by atoms with E-state index >= 15 is 0 Å². The molecule has 0 bridgehead atoms. The number of rotatable bonds is 8. The van der Waals surface area contributed by atoms with E-state index < -0.39 is 10.0 Å². The van der Waals surface area contributed by atoms with Gasteiger partial charge < -0.3 is 9.15 Å². The van der Waals surface area contributed by atoms with E-state index in [-0.39, 0.29) is 17.3 Å². The number of hydrogen-bond donors (Lipinski definition) is 1. The lowest BCUT2D eigenvalue weighted by atomic mass is 10.1. The van der Waals surface area contributed by atoms with Crippen molar-refractivity contribution in [2.75, 3.05) is 6.61 Å². The number of benzene rings is 2. The molecular weight excluding hydrogens is 392 g/mol. The Morgan fingerprint density at radius 3 is 2.38 bits per heavy atom. The summed E-state index contributed by atoms with van der Waals surface area (Å²) in [5, 5.41) is 5.17. The first-order chi connectivity index (χ1) is 13.9. The van der Waals surface area contributed by atoms with Crippen molar-refractivity contribution in [2.45, 2.75) is 31.1 Å². The van der Waals surface area contributed by atoms with E-state index in [1.165, 1.54) is 12.1 Å². The summed E-state index contributed by atoms with van der Waals surface area (Å²) < 4.78 is 33.9. The zero-order valence-corrected chi connectivity index (χ0v) is 16.8. The van der Waals surface area contributed by atoms with Gasteiger partial charge in [0.25, 0.3) is 0 Å². The number of esters is 1. The smallest absolute Gasteiger partial charge is 0.305 e. The fourth-order valence-corrected chi connectivity index (χ4v) is 3.39. The molecule has 2 aromatic carbocycles. The number of ether oxygens (including phenoxy) is 1. The molecule has 0 amide bonds. The van der Waals surface area contributed by atoms with Crippen LogP contribution in [0.2, 0.25) is 0 Å². The van der Waals surface area contributed by atoms with Gasteiger partial charge in [-0.1, -0.05) is 30.3 Å². The van der Waals surface area contributed by atoms with Crippen molar-refractivity contribution in [2.24, 2.45) is 5.14 Å². The summed E-state index contributed by atoms with van der Waals surface area (Å²) in [5.41, 5.74) is 2.21. The maximum Gasteiger partial charge on any atom is 0.305 e. The molecule has 152 valence electrons. The first-order valence-electron chi connectivity index (χ1n) is 9.22. The van der Waals surface area contributed by atoms with Crippen LogP contribution < -0.4 is 5.14 Å². The zero-order valence-electron chi connectivity index (χ0n) is 16.0. The summed E-state index contributed by atoms with van der Waals surface area (Å²) in [7, 11) is -3.77. The second-order valence-corrected chi connectivity index (χ2v) is 7.94. The zero-order chi connectivity index (χ0) is 20.9. The second-order valence-electron chi connectivity index (χ2n) is 6.38. The molecule has 0 saturated carbocycles. The van der Waals surface area contributed by atoms with Gasteiger partial charge in [0, 0.05) is 24.0 Å². The second kappa shape index (κ2) is 9.02. The van der Waals surface area contributed by atoms with Gasteiger partial charge in [0.15, 0.2) is 11.7 Å². The first kappa shape index (κ1) is 20.8. The highest BCUT2D eigenvalue weighted by Gasteiger charge is 2.18. The number of sulfonamides is 1. The monoisotopic (exact) mass is 414 g/mol. The molecule has 1 aromatic heterocycles. The standard InChI is InChI=1S/C21H22N2O5S/c1-2-27-19(24)10-6-9-18-23-20(15-7-4-3-5-8-15)21(28-18)16-11-13-17(14-12-16)29(22,25)26/h3-5,7-8,11-14H,2,6,9-10H2,1H3,(H2,22,25,26). The van der Waals surface area contributed by atoms with Gasteiger partial charge in [0.2, 0.25) is 10.0 Å². The van der Waals surface area contributed by atoms with Gasteiger partial charge in [-0.3, -0.25) is 4.79 Å². The number of primary sulfonamides is 1. The van der Waals surface area contributed by atoms with E-state index in [4.69, 9.17) is 14.3 Å². The lowest BCUT2D eigenvalue weighted by Crippen LogP contribution is -2.11. The molecule has 3 rings (SSSR count). The predicted octanol–water partition coefficient (Wildman–Crippen LogP) is 3.54. The lowest BCUT2D eigenvalue weighted by Gasteiger charge is -2.03. The average Bonchev–Trinajstić information content (AvgIpc) is 3.12. The Morgan fingerprint density at radius 1 is 1.07 bits per heavy atom. The van der Waals surface area contributed by atoms with E-state index in [0.717, 1.165) is 5.56 Å². The number of aromatic nitrogens is 1. The number of carbonyl (C=O) groups excluding carboxylic acids is 1. The molecule has 0 saturated heterocycles. The fourth-order valence-electron chi connectivity index (χ4n) is 2.87. The van der Waals surface area contributed by atoms with Crippen molar-refractivity contribution in [3.05, 3.63) is 60.5 Å². The molecule has 0 unspecified atom stereocenters. The van der Waals surface area contributed by atoms with Crippen LogP contribution in [0.4, 0.5) is 0 Å². The highest BCUT2D eigenvalue weighted by atomic mass is 32.2. The molecule has 0 aliphatic rings. The molecule has 1 heterocycles. The maximum atomic E-state index is 11.5. The van der Waals surface area contributed by atoms with Crippen LogP contribution in [0.1, 0.15) is 25.7 Å². The van der Waals surface area contributed by atoms with Crippen molar-refractivity contribution in [1.82, 2.24) is 4.98 Å². The fraction of sp³-hybridized carbons (Fsp3) is 0.238. The Hall–Kier alpha value is -2.97.